The fourth-order valence-electron chi connectivity index (χ4n) is 4.19. The van der Waals surface area contributed by atoms with Crippen LogP contribution in [0.5, 0.6) is 5.75 Å². The summed E-state index contributed by atoms with van der Waals surface area (Å²) >= 11 is 6.13. The molecular weight excluding hydrogens is 428 g/mol. The summed E-state index contributed by atoms with van der Waals surface area (Å²) in [5.74, 6) is 2.08. The largest absolute Gasteiger partial charge is 0.497 e. The van der Waals surface area contributed by atoms with E-state index in [1.54, 1.807) is 12.0 Å². The van der Waals surface area contributed by atoms with Gasteiger partial charge in [0, 0.05) is 35.3 Å². The zero-order valence-electron chi connectivity index (χ0n) is 17.8. The highest BCUT2D eigenvalue weighted by atomic mass is 35.5. The van der Waals surface area contributed by atoms with Gasteiger partial charge >= 0.3 is 0 Å². The van der Waals surface area contributed by atoms with Gasteiger partial charge < -0.3 is 15.4 Å². The molecule has 32 heavy (non-hydrogen) atoms. The molecule has 2 aliphatic rings. The highest BCUT2D eigenvalue weighted by molar-refractivity contribution is 6.30. The van der Waals surface area contributed by atoms with Crippen molar-refractivity contribution in [2.75, 3.05) is 20.2 Å². The number of nitrogens with two attached hydrogens (primary N) is 1. The zero-order chi connectivity index (χ0) is 22.4. The number of rotatable bonds is 4. The van der Waals surface area contributed by atoms with E-state index in [2.05, 4.69) is 10.2 Å². The predicted octanol–water partition coefficient (Wildman–Crippen LogP) is 2.69. The van der Waals surface area contributed by atoms with Gasteiger partial charge in [-0.15, -0.1) is 10.2 Å². The second kappa shape index (κ2) is 8.03. The maximum Gasteiger partial charge on any atom is 0.225 e. The van der Waals surface area contributed by atoms with Crippen LogP contribution < -0.4 is 10.5 Å². The number of benzene rings is 2. The van der Waals surface area contributed by atoms with Crippen LogP contribution in [0.15, 0.2) is 47.5 Å². The fourth-order valence-corrected chi connectivity index (χ4v) is 4.31. The molecule has 2 N–H and O–H groups in total. The molecule has 0 saturated carbocycles. The molecule has 1 saturated heterocycles. The van der Waals surface area contributed by atoms with Crippen molar-refractivity contribution in [2.45, 2.75) is 25.4 Å². The van der Waals surface area contributed by atoms with Crippen molar-refractivity contribution >= 4 is 23.2 Å². The summed E-state index contributed by atoms with van der Waals surface area (Å²) in [5, 5.41) is 9.34. The molecule has 1 atom stereocenters. The van der Waals surface area contributed by atoms with E-state index in [0.29, 0.717) is 29.7 Å². The molecular formula is C23H23ClN6O2. The predicted molar refractivity (Wildman–Crippen MR) is 122 cm³/mol. The Hall–Kier alpha value is -3.23. The molecule has 164 valence electrons. The van der Waals surface area contributed by atoms with Crippen LogP contribution in [0.2, 0.25) is 5.02 Å². The second-order valence-electron chi connectivity index (χ2n) is 8.09. The molecule has 1 aromatic heterocycles. The Kier molecular flexibility index (Phi) is 5.19. The molecule has 2 aliphatic heterocycles. The van der Waals surface area contributed by atoms with Gasteiger partial charge in [-0.05, 0) is 37.3 Å². The van der Waals surface area contributed by atoms with Gasteiger partial charge in [0.25, 0.3) is 0 Å². The van der Waals surface area contributed by atoms with Crippen LogP contribution in [-0.2, 0) is 4.79 Å². The van der Waals surface area contributed by atoms with Crippen molar-refractivity contribution in [3.63, 3.8) is 0 Å². The van der Waals surface area contributed by atoms with E-state index >= 15 is 0 Å². The first kappa shape index (κ1) is 20.7. The van der Waals surface area contributed by atoms with Gasteiger partial charge in [-0.1, -0.05) is 23.7 Å². The van der Waals surface area contributed by atoms with Gasteiger partial charge in [-0.25, -0.2) is 0 Å². The number of ether oxygens (including phenoxy) is 1. The van der Waals surface area contributed by atoms with Crippen LogP contribution >= 0.6 is 11.6 Å². The Labute approximate surface area is 190 Å². The van der Waals surface area contributed by atoms with Crippen LogP contribution in [0.25, 0.3) is 5.69 Å². The minimum atomic E-state index is -0.496. The number of methoxy groups -OCH3 is 1. The summed E-state index contributed by atoms with van der Waals surface area (Å²) in [7, 11) is 1.63. The van der Waals surface area contributed by atoms with Crippen molar-refractivity contribution in [1.82, 2.24) is 19.7 Å². The van der Waals surface area contributed by atoms with E-state index in [9.17, 15) is 4.79 Å². The van der Waals surface area contributed by atoms with Crippen LogP contribution in [-0.4, -0.2) is 57.5 Å². The Bertz CT molecular complexity index is 1210. The van der Waals surface area contributed by atoms with Crippen LogP contribution in [0.3, 0.4) is 0 Å². The molecule has 1 fully saturated rings. The number of halogens is 1. The maximum absolute atomic E-state index is 12.9. The van der Waals surface area contributed by atoms with Gasteiger partial charge in [0.1, 0.15) is 17.6 Å². The Morgan fingerprint density at radius 1 is 1.19 bits per heavy atom. The van der Waals surface area contributed by atoms with Gasteiger partial charge in [0.15, 0.2) is 5.82 Å². The van der Waals surface area contributed by atoms with Gasteiger partial charge in [-0.3, -0.25) is 14.4 Å². The van der Waals surface area contributed by atoms with E-state index in [4.69, 9.17) is 27.1 Å². The third kappa shape index (κ3) is 3.55. The Morgan fingerprint density at radius 3 is 2.62 bits per heavy atom. The number of amides is 1. The second-order valence-corrected chi connectivity index (χ2v) is 8.52. The smallest absolute Gasteiger partial charge is 0.225 e. The molecule has 9 heteroatoms. The first-order valence-electron chi connectivity index (χ1n) is 10.4. The fraction of sp³-hybridized carbons (Fsp3) is 0.304. The third-order valence-corrected chi connectivity index (χ3v) is 6.13. The lowest BCUT2D eigenvalue weighted by Gasteiger charge is -2.37. The van der Waals surface area contributed by atoms with Crippen molar-refractivity contribution < 1.29 is 9.53 Å². The average Bonchev–Trinajstić information content (AvgIpc) is 3.09. The molecule has 3 aromatic rings. The molecule has 5 rings (SSSR count). The van der Waals surface area contributed by atoms with E-state index < -0.39 is 6.04 Å². The summed E-state index contributed by atoms with van der Waals surface area (Å²) in [4.78, 5) is 19.8. The molecule has 1 amide bonds. The summed E-state index contributed by atoms with van der Waals surface area (Å²) in [5.41, 5.74) is 9.27. The van der Waals surface area contributed by atoms with Gasteiger partial charge in [-0.2, -0.15) is 0 Å². The minimum absolute atomic E-state index is 0.00615. The Morgan fingerprint density at radius 2 is 1.94 bits per heavy atom. The molecule has 0 spiro atoms. The standard InChI is InChI=1S/C23H23ClN6O2/c1-13-27-28-23-19(10-21(31)29-11-16(25)12-29)26-22(14-3-5-15(24)6-4-14)18-9-17(32-2)7-8-20(18)30(13)23/h3-9,16,19H,10-12,25H2,1-2H3/t19-/m0/s1. The number of hydrogen-bond donors (Lipinski definition) is 1. The highest BCUT2D eigenvalue weighted by Gasteiger charge is 2.34. The number of aryl methyl sites for hydroxylation is 1. The minimum Gasteiger partial charge on any atom is -0.497 e. The monoisotopic (exact) mass is 450 g/mol. The summed E-state index contributed by atoms with van der Waals surface area (Å²) in [6.45, 7) is 3.04. The van der Waals surface area contributed by atoms with Gasteiger partial charge in [0.2, 0.25) is 5.91 Å². The highest BCUT2D eigenvalue weighted by Crippen LogP contribution is 2.35. The molecule has 3 heterocycles. The molecule has 0 radical (unpaired) electrons. The number of hydrogen-bond acceptors (Lipinski definition) is 6. The number of nitrogens with zero attached hydrogens (tertiary/aromatic N) is 5. The van der Waals surface area contributed by atoms with Crippen LogP contribution in [0, 0.1) is 6.92 Å². The van der Waals surface area contributed by atoms with Crippen LogP contribution in [0.4, 0.5) is 0 Å². The zero-order valence-corrected chi connectivity index (χ0v) is 18.6. The van der Waals surface area contributed by atoms with Crippen molar-refractivity contribution in [2.24, 2.45) is 10.7 Å². The topological polar surface area (TPSA) is 98.6 Å². The number of aromatic nitrogens is 3. The Balaban J connectivity index is 1.67. The number of aliphatic imine (C=N–C) groups is 1. The molecule has 0 aliphatic carbocycles. The van der Waals surface area contributed by atoms with E-state index in [1.807, 2.05) is 54.0 Å². The molecule has 0 unspecified atom stereocenters. The van der Waals surface area contributed by atoms with Crippen molar-refractivity contribution in [1.29, 1.82) is 0 Å². The molecule has 0 bridgehead atoms. The maximum atomic E-state index is 12.9. The normalized spacial score (nSPS) is 17.7. The van der Waals surface area contributed by atoms with Crippen LogP contribution in [0.1, 0.15) is 35.2 Å². The average molecular weight is 451 g/mol. The SMILES string of the molecule is COc1ccc2c(c1)C(c1ccc(Cl)cc1)=N[C@@H](CC(=O)N1CC(N)C1)c1nnc(C)n1-2. The number of likely N-dealkylation sites (tertiary alicyclic amines) is 1. The number of carbonyl (C=O) groups is 1. The first-order valence-corrected chi connectivity index (χ1v) is 10.8. The van der Waals surface area contributed by atoms with Crippen molar-refractivity contribution in [3.8, 4) is 11.4 Å². The summed E-state index contributed by atoms with van der Waals surface area (Å²) < 4.78 is 7.46. The lowest BCUT2D eigenvalue weighted by Crippen LogP contribution is -2.58. The number of carbonyl (C=O) groups excluding carboxylic acids is 1. The molecule has 2 aromatic carbocycles. The molecule has 8 nitrogen and oxygen atoms in total. The van der Waals surface area contributed by atoms with Gasteiger partial charge in [0.05, 0.1) is 24.9 Å². The summed E-state index contributed by atoms with van der Waals surface area (Å²) in [6, 6.07) is 12.9. The van der Waals surface area contributed by atoms with E-state index in [0.717, 1.165) is 28.4 Å². The number of fused-ring (bicyclic) bond motifs is 3. The summed E-state index contributed by atoms with van der Waals surface area (Å²) in [6.07, 6.45) is 0.188. The third-order valence-electron chi connectivity index (χ3n) is 5.88. The van der Waals surface area contributed by atoms with E-state index in [-0.39, 0.29) is 18.4 Å². The van der Waals surface area contributed by atoms with Crippen molar-refractivity contribution in [3.05, 3.63) is 70.3 Å². The van der Waals surface area contributed by atoms with E-state index in [1.165, 1.54) is 0 Å². The lowest BCUT2D eigenvalue weighted by molar-refractivity contribution is -0.135. The first-order chi connectivity index (χ1) is 15.4. The lowest BCUT2D eigenvalue weighted by atomic mass is 10.00. The quantitative estimate of drug-likeness (QED) is 0.658.